The zero-order chi connectivity index (χ0) is 12.5. The molecule has 1 aromatic carbocycles. The highest BCUT2D eigenvalue weighted by Gasteiger charge is 2.01. The first-order valence-corrected chi connectivity index (χ1v) is 7.30. The third-order valence-corrected chi connectivity index (χ3v) is 2.93. The lowest BCUT2D eigenvalue weighted by molar-refractivity contribution is 0.302. The highest BCUT2D eigenvalue weighted by atomic mass is 79.9. The molecule has 1 rings (SSSR count). The average Bonchev–Trinajstić information content (AvgIpc) is 2.29. The lowest BCUT2D eigenvalue weighted by atomic mass is 10.3. The maximum Gasteiger partial charge on any atom is 0.124 e. The summed E-state index contributed by atoms with van der Waals surface area (Å²) in [5.74, 6) is 2.77. The van der Waals surface area contributed by atoms with Crippen molar-refractivity contribution in [3.63, 3.8) is 0 Å². The second-order valence-electron chi connectivity index (χ2n) is 3.40. The Kier molecular flexibility index (Phi) is 7.82. The SMILES string of the molecule is ClCCCOc1cc(Br)cc(OCCCCl)c1. The van der Waals surface area contributed by atoms with E-state index in [1.807, 2.05) is 18.2 Å². The molecular formula is C12H15BrCl2O2. The van der Waals surface area contributed by atoms with E-state index in [0.29, 0.717) is 25.0 Å². The fourth-order valence-corrected chi connectivity index (χ4v) is 1.86. The Morgan fingerprint density at radius 1 is 0.882 bits per heavy atom. The van der Waals surface area contributed by atoms with Gasteiger partial charge in [-0.15, -0.1) is 23.2 Å². The summed E-state index contributed by atoms with van der Waals surface area (Å²) < 4.78 is 12.0. The predicted octanol–water partition coefficient (Wildman–Crippen LogP) is 4.46. The summed E-state index contributed by atoms with van der Waals surface area (Å²) in [5.41, 5.74) is 0. The van der Waals surface area contributed by atoms with Crippen LogP contribution in [0.1, 0.15) is 12.8 Å². The summed E-state index contributed by atoms with van der Waals surface area (Å²) in [5, 5.41) is 0. The van der Waals surface area contributed by atoms with Crippen molar-refractivity contribution in [3.05, 3.63) is 22.7 Å². The van der Waals surface area contributed by atoms with Gasteiger partial charge in [0.2, 0.25) is 0 Å². The van der Waals surface area contributed by atoms with Gasteiger partial charge in [0.15, 0.2) is 0 Å². The minimum atomic E-state index is 0.604. The lowest BCUT2D eigenvalue weighted by Gasteiger charge is -2.09. The number of rotatable bonds is 8. The van der Waals surface area contributed by atoms with Crippen molar-refractivity contribution in [3.8, 4) is 11.5 Å². The van der Waals surface area contributed by atoms with E-state index >= 15 is 0 Å². The number of benzene rings is 1. The van der Waals surface area contributed by atoms with Gasteiger partial charge >= 0.3 is 0 Å². The van der Waals surface area contributed by atoms with E-state index in [4.69, 9.17) is 32.7 Å². The van der Waals surface area contributed by atoms with Gasteiger partial charge in [0.05, 0.1) is 13.2 Å². The summed E-state index contributed by atoms with van der Waals surface area (Å²) in [6.45, 7) is 1.22. The van der Waals surface area contributed by atoms with E-state index in [1.165, 1.54) is 0 Å². The molecule has 17 heavy (non-hydrogen) atoms. The van der Waals surface area contributed by atoms with E-state index in [-0.39, 0.29) is 0 Å². The van der Waals surface area contributed by atoms with Crippen LogP contribution < -0.4 is 9.47 Å². The number of hydrogen-bond donors (Lipinski definition) is 0. The smallest absolute Gasteiger partial charge is 0.124 e. The highest BCUT2D eigenvalue weighted by molar-refractivity contribution is 9.10. The fourth-order valence-electron chi connectivity index (χ4n) is 1.19. The van der Waals surface area contributed by atoms with Crippen molar-refractivity contribution < 1.29 is 9.47 Å². The van der Waals surface area contributed by atoms with Gasteiger partial charge in [-0.3, -0.25) is 0 Å². The Bertz CT molecular complexity index is 306. The summed E-state index contributed by atoms with van der Waals surface area (Å²) in [7, 11) is 0. The lowest BCUT2D eigenvalue weighted by Crippen LogP contribution is -2.00. The van der Waals surface area contributed by atoms with Crippen molar-refractivity contribution in [1.29, 1.82) is 0 Å². The van der Waals surface area contributed by atoms with Gasteiger partial charge in [0.1, 0.15) is 11.5 Å². The second kappa shape index (κ2) is 8.90. The van der Waals surface area contributed by atoms with E-state index < -0.39 is 0 Å². The Labute approximate surface area is 120 Å². The molecule has 0 radical (unpaired) electrons. The van der Waals surface area contributed by atoms with Gasteiger partial charge in [0.25, 0.3) is 0 Å². The zero-order valence-corrected chi connectivity index (χ0v) is 12.5. The first-order valence-electron chi connectivity index (χ1n) is 5.44. The Morgan fingerprint density at radius 2 is 1.35 bits per heavy atom. The van der Waals surface area contributed by atoms with Gasteiger partial charge in [-0.05, 0) is 25.0 Å². The third kappa shape index (κ3) is 6.39. The quantitative estimate of drug-likeness (QED) is 0.513. The van der Waals surface area contributed by atoms with E-state index in [0.717, 1.165) is 28.8 Å². The van der Waals surface area contributed by atoms with Crippen LogP contribution in [-0.2, 0) is 0 Å². The topological polar surface area (TPSA) is 18.5 Å². The van der Waals surface area contributed by atoms with Crippen LogP contribution in [0, 0.1) is 0 Å². The summed E-state index contributed by atoms with van der Waals surface area (Å²) in [4.78, 5) is 0. The highest BCUT2D eigenvalue weighted by Crippen LogP contribution is 2.26. The average molecular weight is 342 g/mol. The minimum Gasteiger partial charge on any atom is -0.493 e. The predicted molar refractivity (Wildman–Crippen MR) is 75.8 cm³/mol. The summed E-state index contributed by atoms with van der Waals surface area (Å²) >= 11 is 14.6. The van der Waals surface area contributed by atoms with Crippen molar-refractivity contribution >= 4 is 39.1 Å². The van der Waals surface area contributed by atoms with Gasteiger partial charge < -0.3 is 9.47 Å². The first kappa shape index (κ1) is 14.9. The van der Waals surface area contributed by atoms with Crippen LogP contribution >= 0.6 is 39.1 Å². The second-order valence-corrected chi connectivity index (χ2v) is 5.08. The van der Waals surface area contributed by atoms with Crippen LogP contribution in [0.2, 0.25) is 0 Å². The van der Waals surface area contributed by atoms with Crippen LogP contribution in [0.4, 0.5) is 0 Å². The number of hydrogen-bond acceptors (Lipinski definition) is 2. The van der Waals surface area contributed by atoms with Crippen LogP contribution in [0.5, 0.6) is 11.5 Å². The van der Waals surface area contributed by atoms with Crippen LogP contribution in [0.3, 0.4) is 0 Å². The molecule has 0 aliphatic carbocycles. The standard InChI is InChI=1S/C12H15BrCl2O2/c13-10-7-11(16-5-1-3-14)9-12(8-10)17-6-2-4-15/h7-9H,1-6H2. The summed E-state index contributed by atoms with van der Waals surface area (Å²) in [6.07, 6.45) is 1.66. The van der Waals surface area contributed by atoms with Crippen LogP contribution in [0.15, 0.2) is 22.7 Å². The third-order valence-electron chi connectivity index (χ3n) is 1.94. The van der Waals surface area contributed by atoms with Gasteiger partial charge in [-0.2, -0.15) is 0 Å². The molecule has 0 fully saturated rings. The van der Waals surface area contributed by atoms with Crippen LogP contribution in [0.25, 0.3) is 0 Å². The molecule has 0 N–H and O–H groups in total. The molecule has 0 atom stereocenters. The molecule has 2 nitrogen and oxygen atoms in total. The van der Waals surface area contributed by atoms with Gasteiger partial charge in [-0.1, -0.05) is 15.9 Å². The minimum absolute atomic E-state index is 0.604. The van der Waals surface area contributed by atoms with E-state index in [1.54, 1.807) is 0 Å². The molecule has 0 bridgehead atoms. The molecule has 0 aliphatic rings. The van der Waals surface area contributed by atoms with Crippen molar-refractivity contribution in [2.75, 3.05) is 25.0 Å². The molecule has 0 saturated carbocycles. The molecule has 1 aromatic rings. The molecule has 0 unspecified atom stereocenters. The first-order chi connectivity index (χ1) is 8.26. The molecule has 0 aliphatic heterocycles. The molecule has 5 heteroatoms. The van der Waals surface area contributed by atoms with E-state index in [9.17, 15) is 0 Å². The number of halogens is 3. The Balaban J connectivity index is 2.53. The molecule has 0 spiro atoms. The van der Waals surface area contributed by atoms with Crippen LogP contribution in [-0.4, -0.2) is 25.0 Å². The Hall–Kier alpha value is -0.120. The van der Waals surface area contributed by atoms with Gasteiger partial charge in [0, 0.05) is 22.3 Å². The molecular weight excluding hydrogens is 327 g/mol. The summed E-state index contributed by atoms with van der Waals surface area (Å²) in [6, 6.07) is 5.68. The van der Waals surface area contributed by atoms with E-state index in [2.05, 4.69) is 15.9 Å². The molecule has 0 amide bonds. The largest absolute Gasteiger partial charge is 0.493 e. The molecule has 0 heterocycles. The van der Waals surface area contributed by atoms with Crippen molar-refractivity contribution in [2.24, 2.45) is 0 Å². The molecule has 0 saturated heterocycles. The zero-order valence-electron chi connectivity index (χ0n) is 9.43. The molecule has 0 aromatic heterocycles. The maximum atomic E-state index is 5.59. The number of alkyl halides is 2. The Morgan fingerprint density at radius 3 is 1.76 bits per heavy atom. The number of ether oxygens (including phenoxy) is 2. The maximum absolute atomic E-state index is 5.59. The van der Waals surface area contributed by atoms with Crippen molar-refractivity contribution in [1.82, 2.24) is 0 Å². The normalized spacial score (nSPS) is 10.3. The fraction of sp³-hybridized carbons (Fsp3) is 0.500. The van der Waals surface area contributed by atoms with Crippen molar-refractivity contribution in [2.45, 2.75) is 12.8 Å². The van der Waals surface area contributed by atoms with Gasteiger partial charge in [-0.25, -0.2) is 0 Å². The monoisotopic (exact) mass is 340 g/mol. The molecule has 96 valence electrons.